The number of hydrogen-bond donors (Lipinski definition) is 1. The zero-order valence-corrected chi connectivity index (χ0v) is 13.7. The van der Waals surface area contributed by atoms with Crippen LogP contribution in [-0.2, 0) is 11.2 Å². The number of benzene rings is 1. The van der Waals surface area contributed by atoms with Crippen LogP contribution < -0.4 is 4.74 Å². The summed E-state index contributed by atoms with van der Waals surface area (Å²) in [5.41, 5.74) is 0.819. The minimum Gasteiger partial charge on any atom is -0.497 e. The molecular formula is C18H24O4. The third-order valence-electron chi connectivity index (χ3n) is 5.04. The van der Waals surface area contributed by atoms with Crippen molar-refractivity contribution < 1.29 is 19.4 Å². The Hall–Kier alpha value is -1.84. The summed E-state index contributed by atoms with van der Waals surface area (Å²) in [6.07, 6.45) is 2.17. The second kappa shape index (κ2) is 6.11. The van der Waals surface area contributed by atoms with E-state index in [4.69, 9.17) is 4.74 Å². The van der Waals surface area contributed by atoms with Crippen LogP contribution in [-0.4, -0.2) is 24.0 Å². The number of ether oxygens (including phenoxy) is 1. The maximum atomic E-state index is 12.9. The first-order valence-electron chi connectivity index (χ1n) is 7.77. The summed E-state index contributed by atoms with van der Waals surface area (Å²) in [5, 5.41) is 9.50. The van der Waals surface area contributed by atoms with Crippen molar-refractivity contribution in [2.24, 2.45) is 17.3 Å². The molecule has 0 aromatic heterocycles. The molecular weight excluding hydrogens is 280 g/mol. The highest BCUT2D eigenvalue weighted by Gasteiger charge is 2.44. The summed E-state index contributed by atoms with van der Waals surface area (Å²) in [5.74, 6) is -0.398. The third-order valence-corrected chi connectivity index (χ3v) is 5.04. The number of methoxy groups -OCH3 is 1. The molecule has 0 amide bonds. The molecule has 4 nitrogen and oxygen atoms in total. The predicted molar refractivity (Wildman–Crippen MR) is 84.3 cm³/mol. The van der Waals surface area contributed by atoms with Gasteiger partial charge < -0.3 is 9.84 Å². The van der Waals surface area contributed by atoms with Crippen LogP contribution in [0, 0.1) is 17.3 Å². The number of carbonyl (C=O) groups is 2. The van der Waals surface area contributed by atoms with Gasteiger partial charge in [0.2, 0.25) is 0 Å². The maximum absolute atomic E-state index is 12.9. The van der Waals surface area contributed by atoms with E-state index in [1.807, 2.05) is 19.1 Å². The minimum atomic E-state index is -0.904. The van der Waals surface area contributed by atoms with E-state index >= 15 is 0 Å². The van der Waals surface area contributed by atoms with Crippen molar-refractivity contribution in [1.29, 1.82) is 0 Å². The predicted octanol–water partition coefficient (Wildman–Crippen LogP) is 3.58. The lowest BCUT2D eigenvalue weighted by atomic mass is 9.65. The summed E-state index contributed by atoms with van der Waals surface area (Å²) in [6, 6.07) is 5.51. The molecule has 0 unspecified atom stereocenters. The van der Waals surface area contributed by atoms with E-state index in [9.17, 15) is 14.7 Å². The Morgan fingerprint density at radius 3 is 2.68 bits per heavy atom. The lowest BCUT2D eigenvalue weighted by Crippen LogP contribution is -2.41. The van der Waals surface area contributed by atoms with Gasteiger partial charge in [-0.2, -0.15) is 0 Å². The van der Waals surface area contributed by atoms with Gasteiger partial charge in [0.1, 0.15) is 5.75 Å². The van der Waals surface area contributed by atoms with Gasteiger partial charge in [-0.15, -0.1) is 0 Å². The van der Waals surface area contributed by atoms with Crippen molar-refractivity contribution in [2.75, 3.05) is 7.11 Å². The van der Waals surface area contributed by atoms with Crippen LogP contribution in [0.4, 0.5) is 0 Å². The number of carbonyl (C=O) groups excluding carboxylic acids is 1. The Morgan fingerprint density at radius 2 is 2.14 bits per heavy atom. The molecule has 0 aliphatic heterocycles. The Balaban J connectivity index is 2.35. The van der Waals surface area contributed by atoms with Gasteiger partial charge in [-0.05, 0) is 56.4 Å². The number of aliphatic carboxylic acids is 1. The highest BCUT2D eigenvalue weighted by atomic mass is 16.5. The SMILES string of the molecule is CC[C@H]([C@H]1CCc2cc(OC)ccc2C1=O)C(C)(C)C(=O)O. The molecule has 1 aromatic rings. The van der Waals surface area contributed by atoms with Gasteiger partial charge in [0.25, 0.3) is 0 Å². The molecule has 0 fully saturated rings. The third kappa shape index (κ3) is 2.74. The number of hydrogen-bond acceptors (Lipinski definition) is 3. The highest BCUT2D eigenvalue weighted by molar-refractivity contribution is 6.00. The molecule has 4 heteroatoms. The second-order valence-corrected chi connectivity index (χ2v) is 6.57. The van der Waals surface area contributed by atoms with Crippen molar-refractivity contribution in [3.8, 4) is 5.75 Å². The van der Waals surface area contributed by atoms with Gasteiger partial charge in [0.05, 0.1) is 12.5 Å². The van der Waals surface area contributed by atoms with Crippen LogP contribution in [0.3, 0.4) is 0 Å². The lowest BCUT2D eigenvalue weighted by molar-refractivity contribution is -0.151. The normalized spacial score (nSPS) is 19.5. The first-order chi connectivity index (χ1) is 10.3. The van der Waals surface area contributed by atoms with E-state index in [1.165, 1.54) is 0 Å². The first kappa shape index (κ1) is 16.5. The fourth-order valence-electron chi connectivity index (χ4n) is 3.63. The summed E-state index contributed by atoms with van der Waals surface area (Å²) >= 11 is 0. The van der Waals surface area contributed by atoms with Crippen molar-refractivity contribution in [3.05, 3.63) is 29.3 Å². The fraction of sp³-hybridized carbons (Fsp3) is 0.556. The number of aryl methyl sites for hydroxylation is 1. The monoisotopic (exact) mass is 304 g/mol. The number of rotatable bonds is 5. The summed E-state index contributed by atoms with van der Waals surface area (Å²) in [6.45, 7) is 5.41. The second-order valence-electron chi connectivity index (χ2n) is 6.57. The van der Waals surface area contributed by atoms with Crippen molar-refractivity contribution in [1.82, 2.24) is 0 Å². The zero-order valence-electron chi connectivity index (χ0n) is 13.7. The van der Waals surface area contributed by atoms with E-state index in [0.29, 0.717) is 12.8 Å². The largest absolute Gasteiger partial charge is 0.497 e. The Morgan fingerprint density at radius 1 is 1.45 bits per heavy atom. The van der Waals surface area contributed by atoms with Crippen molar-refractivity contribution >= 4 is 11.8 Å². The number of Topliss-reactive ketones (excluding diaryl/α,β-unsaturated/α-hetero) is 1. The van der Waals surface area contributed by atoms with Crippen LogP contribution in [0.15, 0.2) is 18.2 Å². The summed E-state index contributed by atoms with van der Waals surface area (Å²) < 4.78 is 5.21. The van der Waals surface area contributed by atoms with Crippen LogP contribution in [0.1, 0.15) is 49.5 Å². The van der Waals surface area contributed by atoms with Gasteiger partial charge in [-0.3, -0.25) is 9.59 Å². The highest BCUT2D eigenvalue weighted by Crippen LogP contribution is 2.42. The van der Waals surface area contributed by atoms with Gasteiger partial charge in [0.15, 0.2) is 5.78 Å². The molecule has 2 rings (SSSR count). The van der Waals surface area contributed by atoms with Gasteiger partial charge >= 0.3 is 5.97 Å². The smallest absolute Gasteiger partial charge is 0.309 e. The number of ketones is 1. The molecule has 0 radical (unpaired) electrons. The van der Waals surface area contributed by atoms with Gasteiger partial charge in [-0.25, -0.2) is 0 Å². The van der Waals surface area contributed by atoms with Crippen LogP contribution >= 0.6 is 0 Å². The van der Waals surface area contributed by atoms with E-state index in [-0.39, 0.29) is 17.6 Å². The number of carboxylic acid groups (broad SMARTS) is 1. The standard InChI is InChI=1S/C18H24O4/c1-5-15(18(2,3)17(20)21)14-8-6-11-10-12(22-4)7-9-13(11)16(14)19/h7,9-10,14-15H,5-6,8H2,1-4H3,(H,20,21)/t14-,15-/m1/s1. The van der Waals surface area contributed by atoms with E-state index in [2.05, 4.69) is 0 Å². The quantitative estimate of drug-likeness (QED) is 0.903. The lowest BCUT2D eigenvalue weighted by Gasteiger charge is -2.37. The molecule has 1 aromatic carbocycles. The van der Waals surface area contributed by atoms with E-state index < -0.39 is 11.4 Å². The summed E-state index contributed by atoms with van der Waals surface area (Å²) in [7, 11) is 1.61. The van der Waals surface area contributed by atoms with Crippen LogP contribution in [0.25, 0.3) is 0 Å². The summed E-state index contributed by atoms with van der Waals surface area (Å²) in [4.78, 5) is 24.4. The molecule has 0 heterocycles. The Bertz CT molecular complexity index is 589. The Kier molecular flexibility index (Phi) is 4.59. The van der Waals surface area contributed by atoms with Gasteiger partial charge in [-0.1, -0.05) is 13.3 Å². The van der Waals surface area contributed by atoms with Gasteiger partial charge in [0, 0.05) is 11.5 Å². The number of fused-ring (bicyclic) bond motifs is 1. The molecule has 0 bridgehead atoms. The molecule has 0 saturated carbocycles. The van der Waals surface area contributed by atoms with Crippen molar-refractivity contribution in [2.45, 2.75) is 40.0 Å². The topological polar surface area (TPSA) is 63.6 Å². The van der Waals surface area contributed by atoms with E-state index in [1.54, 1.807) is 27.0 Å². The average molecular weight is 304 g/mol. The zero-order chi connectivity index (χ0) is 16.5. The molecule has 0 spiro atoms. The van der Waals surface area contributed by atoms with Crippen molar-refractivity contribution in [3.63, 3.8) is 0 Å². The molecule has 22 heavy (non-hydrogen) atoms. The van der Waals surface area contributed by atoms with Crippen LogP contribution in [0.2, 0.25) is 0 Å². The van der Waals surface area contributed by atoms with Crippen LogP contribution in [0.5, 0.6) is 5.75 Å². The molecule has 1 aliphatic carbocycles. The molecule has 1 N–H and O–H groups in total. The molecule has 2 atom stereocenters. The molecule has 1 aliphatic rings. The maximum Gasteiger partial charge on any atom is 0.309 e. The number of carboxylic acids is 1. The fourth-order valence-corrected chi connectivity index (χ4v) is 3.63. The average Bonchev–Trinajstić information content (AvgIpc) is 2.49. The minimum absolute atomic E-state index is 0.0741. The molecule has 120 valence electrons. The molecule has 0 saturated heterocycles. The van der Waals surface area contributed by atoms with E-state index in [0.717, 1.165) is 23.3 Å². The first-order valence-corrected chi connectivity index (χ1v) is 7.77. The Labute approximate surface area is 131 Å².